The number of halogens is 12. The van der Waals surface area contributed by atoms with E-state index in [-0.39, 0.29) is 47.8 Å². The molecular weight excluding hydrogens is 615 g/mol. The number of benzene rings is 3. The van der Waals surface area contributed by atoms with Gasteiger partial charge in [-0.3, -0.25) is 4.57 Å². The number of ether oxygens (including phenoxy) is 1. The van der Waals surface area contributed by atoms with Crippen LogP contribution in [0.2, 0.25) is 0 Å². The summed E-state index contributed by atoms with van der Waals surface area (Å²) in [6.45, 7) is 0. The maximum Gasteiger partial charge on any atom is 0.416 e. The second-order valence-corrected chi connectivity index (χ2v) is 10.7. The van der Waals surface area contributed by atoms with Crippen molar-refractivity contribution in [3.63, 3.8) is 0 Å². The number of imidazole rings is 1. The number of nitrogens with zero attached hydrogens (tertiary/aromatic N) is 2. The van der Waals surface area contributed by atoms with Crippen molar-refractivity contribution in [2.45, 2.75) is 24.7 Å². The third-order valence-corrected chi connectivity index (χ3v) is 8.11. The van der Waals surface area contributed by atoms with Crippen molar-refractivity contribution >= 4 is 24.1 Å². The molecule has 0 aliphatic heterocycles. The summed E-state index contributed by atoms with van der Waals surface area (Å²) in [5.74, 6) is 0.117. The Morgan fingerprint density at radius 3 is 1.40 bits per heavy atom. The van der Waals surface area contributed by atoms with Gasteiger partial charge in [-0.1, -0.05) is 12.1 Å². The number of para-hydroxylation sites is 2. The molecule has 0 atom stereocenters. The van der Waals surface area contributed by atoms with E-state index in [0.717, 1.165) is 10.8 Å². The van der Waals surface area contributed by atoms with Crippen LogP contribution in [-0.4, -0.2) is 16.7 Å². The van der Waals surface area contributed by atoms with Gasteiger partial charge in [-0.15, -0.1) is 0 Å². The van der Waals surface area contributed by atoms with Crippen molar-refractivity contribution in [2.24, 2.45) is 0 Å². The van der Waals surface area contributed by atoms with Gasteiger partial charge in [-0.05, 0) is 59.1 Å². The minimum atomic E-state index is -5.35. The molecule has 0 radical (unpaired) electrons. The van der Waals surface area contributed by atoms with Crippen LogP contribution in [0.3, 0.4) is 0 Å². The second-order valence-electron chi connectivity index (χ2n) is 8.63. The fourth-order valence-electron chi connectivity index (χ4n) is 3.99. The van der Waals surface area contributed by atoms with Gasteiger partial charge in [-0.2, -0.15) is 52.7 Å². The molecule has 16 heteroatoms. The first-order chi connectivity index (χ1) is 19.3. The van der Waals surface area contributed by atoms with E-state index in [0.29, 0.717) is 0 Å². The number of hydrogen-bond donors (Lipinski definition) is 0. The Labute approximate surface area is 230 Å². The van der Waals surface area contributed by atoms with Gasteiger partial charge in [0.1, 0.15) is 11.3 Å². The zero-order chi connectivity index (χ0) is 31.3. The summed E-state index contributed by atoms with van der Waals surface area (Å²) in [7, 11) is -1.79. The zero-order valence-electron chi connectivity index (χ0n) is 20.7. The summed E-state index contributed by atoms with van der Waals surface area (Å²) in [6.07, 6.45) is -19.1. The zero-order valence-corrected chi connectivity index (χ0v) is 21.6. The number of rotatable bonds is 5. The normalized spacial score (nSPS) is 13.1. The fraction of sp³-hybridized carbons (Fsp3) is 0.192. The highest BCUT2D eigenvalue weighted by Crippen LogP contribution is 2.43. The lowest BCUT2D eigenvalue weighted by molar-refractivity contribution is -0.144. The van der Waals surface area contributed by atoms with Gasteiger partial charge < -0.3 is 4.74 Å². The van der Waals surface area contributed by atoms with E-state index in [1.807, 2.05) is 0 Å². The van der Waals surface area contributed by atoms with E-state index in [4.69, 9.17) is 4.74 Å². The van der Waals surface area contributed by atoms with Crippen molar-refractivity contribution < 1.29 is 57.4 Å². The predicted octanol–water partition coefficient (Wildman–Crippen LogP) is 7.71. The molecule has 0 aliphatic rings. The number of alkyl halides is 12. The molecule has 4 aromatic rings. The number of aromatic nitrogens is 2. The summed E-state index contributed by atoms with van der Waals surface area (Å²) < 4.78 is 171. The van der Waals surface area contributed by atoms with E-state index in [2.05, 4.69) is 4.98 Å². The average molecular weight is 630 g/mol. The maximum atomic E-state index is 13.7. The van der Waals surface area contributed by atoms with Gasteiger partial charge in [0.25, 0.3) is 0 Å². The minimum absolute atomic E-state index is 0.117. The van der Waals surface area contributed by atoms with Crippen LogP contribution < -0.4 is 20.9 Å². The van der Waals surface area contributed by atoms with Crippen LogP contribution in [0.5, 0.6) is 5.75 Å². The van der Waals surface area contributed by atoms with Crippen LogP contribution in [0.15, 0.2) is 73.1 Å². The monoisotopic (exact) mass is 630 g/mol. The Morgan fingerprint density at radius 2 is 1.02 bits per heavy atom. The summed E-state index contributed by atoms with van der Waals surface area (Å²) >= 11 is 0. The molecule has 4 rings (SSSR count). The highest BCUT2D eigenvalue weighted by atomic mass is 31.1. The van der Waals surface area contributed by atoms with Crippen LogP contribution in [0.4, 0.5) is 52.7 Å². The fourth-order valence-corrected chi connectivity index (χ4v) is 6.40. The Morgan fingerprint density at radius 1 is 0.619 bits per heavy atom. The molecule has 0 fully saturated rings. The molecule has 3 aromatic carbocycles. The van der Waals surface area contributed by atoms with E-state index in [1.165, 1.54) is 37.6 Å². The number of methoxy groups -OCH3 is 1. The molecule has 0 aliphatic carbocycles. The lowest BCUT2D eigenvalue weighted by Gasteiger charge is -2.24. The molecule has 3 nitrogen and oxygen atoms in total. The molecule has 0 bridgehead atoms. The summed E-state index contributed by atoms with van der Waals surface area (Å²) in [6, 6.07) is 6.47. The largest absolute Gasteiger partial charge is 0.495 e. The Hall–Kier alpha value is -3.74. The molecule has 0 N–H and O–H groups in total. The van der Waals surface area contributed by atoms with Crippen LogP contribution in [0.1, 0.15) is 22.3 Å². The maximum absolute atomic E-state index is 13.7. The second kappa shape index (κ2) is 10.8. The Balaban J connectivity index is 2.14. The van der Waals surface area contributed by atoms with Crippen molar-refractivity contribution in [1.82, 2.24) is 9.55 Å². The van der Waals surface area contributed by atoms with Crippen LogP contribution >= 0.6 is 7.92 Å². The topological polar surface area (TPSA) is 27.1 Å². The molecule has 1 aromatic heterocycles. The van der Waals surface area contributed by atoms with Gasteiger partial charge >= 0.3 is 24.7 Å². The van der Waals surface area contributed by atoms with E-state index in [1.54, 1.807) is 0 Å². The van der Waals surface area contributed by atoms with Crippen molar-refractivity contribution in [1.29, 1.82) is 0 Å². The standard InChI is InChI=1S/C26H15F12N2OP/c1-41-21-5-3-2-4-20(21)40-7-6-39-22(40)42(18-10-14(23(27,28)29)8-15(11-18)24(30,31)32)19-12-16(25(33,34)35)9-17(13-19)26(36,37)38/h2-13H,1H3. The highest BCUT2D eigenvalue weighted by molar-refractivity contribution is 7.79. The molecule has 1 heterocycles. The third-order valence-electron chi connectivity index (χ3n) is 5.83. The molecule has 0 amide bonds. The SMILES string of the molecule is COc1ccccc1-n1ccnc1P(c1cc(C(F)(F)F)cc(C(F)(F)F)c1)c1cc(C(F)(F)F)cc(C(F)(F)F)c1. The quantitative estimate of drug-likeness (QED) is 0.167. The first-order valence-corrected chi connectivity index (χ1v) is 12.7. The third kappa shape index (κ3) is 6.50. The Kier molecular flexibility index (Phi) is 8.04. The van der Waals surface area contributed by atoms with Crippen molar-refractivity contribution in [2.75, 3.05) is 7.11 Å². The van der Waals surface area contributed by atoms with Gasteiger partial charge in [0.2, 0.25) is 0 Å². The lowest BCUT2D eigenvalue weighted by Crippen LogP contribution is -2.30. The van der Waals surface area contributed by atoms with Crippen molar-refractivity contribution in [3.05, 3.63) is 95.3 Å². The van der Waals surface area contributed by atoms with Gasteiger partial charge in [0, 0.05) is 20.3 Å². The predicted molar refractivity (Wildman–Crippen MR) is 129 cm³/mol. The summed E-state index contributed by atoms with van der Waals surface area (Å²) in [5.41, 5.74) is -7.53. The van der Waals surface area contributed by atoms with E-state index in [9.17, 15) is 52.7 Å². The van der Waals surface area contributed by atoms with Crippen LogP contribution in [0.25, 0.3) is 5.69 Å². The highest BCUT2D eigenvalue weighted by Gasteiger charge is 2.41. The Bertz CT molecular complexity index is 1450. The molecule has 0 unspecified atom stereocenters. The van der Waals surface area contributed by atoms with E-state index < -0.39 is 71.1 Å². The van der Waals surface area contributed by atoms with Gasteiger partial charge in [-0.25, -0.2) is 4.98 Å². The minimum Gasteiger partial charge on any atom is -0.495 e. The molecule has 224 valence electrons. The number of hydrogen-bond acceptors (Lipinski definition) is 2. The van der Waals surface area contributed by atoms with Crippen LogP contribution in [0, 0.1) is 0 Å². The van der Waals surface area contributed by atoms with Gasteiger partial charge in [0.05, 0.1) is 35.1 Å². The molecule has 42 heavy (non-hydrogen) atoms. The van der Waals surface area contributed by atoms with E-state index >= 15 is 0 Å². The summed E-state index contributed by atoms with van der Waals surface area (Å²) in [5, 5.41) is -1.69. The van der Waals surface area contributed by atoms with Crippen molar-refractivity contribution in [3.8, 4) is 11.4 Å². The molecular formula is C26H15F12N2OP. The molecule has 0 spiro atoms. The summed E-state index contributed by atoms with van der Waals surface area (Å²) in [4.78, 5) is 4.00. The average Bonchev–Trinajstić information content (AvgIpc) is 3.35. The lowest BCUT2D eigenvalue weighted by atomic mass is 10.1. The van der Waals surface area contributed by atoms with Crippen LogP contribution in [-0.2, 0) is 24.7 Å². The first kappa shape index (κ1) is 31.2. The smallest absolute Gasteiger partial charge is 0.416 e. The molecule has 0 saturated heterocycles. The van der Waals surface area contributed by atoms with Gasteiger partial charge in [0.15, 0.2) is 0 Å². The molecule has 0 saturated carbocycles. The first-order valence-electron chi connectivity index (χ1n) is 11.4.